The van der Waals surface area contributed by atoms with Crippen molar-refractivity contribution in [1.29, 1.82) is 0 Å². The Balaban J connectivity index is 1.82. The number of nitrogens with two attached hydrogens (primary N) is 1. The summed E-state index contributed by atoms with van der Waals surface area (Å²) in [5.74, 6) is 0.273. The summed E-state index contributed by atoms with van der Waals surface area (Å²) in [4.78, 5) is 11.4. The Morgan fingerprint density at radius 1 is 1.65 bits per heavy atom. The van der Waals surface area contributed by atoms with Crippen molar-refractivity contribution in [3.05, 3.63) is 29.2 Å². The summed E-state index contributed by atoms with van der Waals surface area (Å²) in [6, 6.07) is 3.45. The normalized spacial score (nSPS) is 10.8. The highest BCUT2D eigenvalue weighted by Gasteiger charge is 2.06. The van der Waals surface area contributed by atoms with Gasteiger partial charge in [-0.25, -0.2) is 5.43 Å². The molecule has 2 aromatic heterocycles. The number of hydrogen-bond donors (Lipinski definition) is 2. The molecule has 1 amide bonds. The van der Waals surface area contributed by atoms with Gasteiger partial charge in [-0.3, -0.25) is 4.79 Å². The lowest BCUT2D eigenvalue weighted by molar-refractivity contribution is -0.120. The molecule has 0 atom stereocenters. The molecule has 0 unspecified atom stereocenters. The van der Waals surface area contributed by atoms with Crippen molar-refractivity contribution in [2.45, 2.75) is 6.42 Å². The molecule has 0 aliphatic carbocycles. The first-order valence-electron chi connectivity index (χ1n) is 4.67. The first kappa shape index (κ1) is 11.3. The molecular weight excluding hydrogens is 242 g/mol. The number of rotatable bonds is 4. The average Bonchev–Trinajstić information content (AvgIpc) is 2.90. The molecule has 2 aromatic rings. The highest BCUT2D eigenvalue weighted by molar-refractivity contribution is 7.15. The fraction of sp³-hybridized carbons (Fsp3) is 0.111. The molecule has 17 heavy (non-hydrogen) atoms. The number of hydrogen-bond acceptors (Lipinski definition) is 7. The van der Waals surface area contributed by atoms with Crippen molar-refractivity contribution in [1.82, 2.24) is 15.6 Å². The lowest BCUT2D eigenvalue weighted by atomic mass is 10.4. The maximum Gasteiger partial charge on any atom is 0.247 e. The van der Waals surface area contributed by atoms with E-state index in [1.165, 1.54) is 23.8 Å². The van der Waals surface area contributed by atoms with Gasteiger partial charge in [-0.2, -0.15) is 5.10 Å². The number of nitrogens with one attached hydrogen (secondary N) is 1. The van der Waals surface area contributed by atoms with Crippen molar-refractivity contribution < 1.29 is 9.21 Å². The van der Waals surface area contributed by atoms with Gasteiger partial charge in [-0.1, -0.05) is 11.3 Å². The Kier molecular flexibility index (Phi) is 3.46. The molecule has 8 heteroatoms. The standard InChI is InChI=1S/C9H9N5O2S/c10-9-14-13-8(17-9)4-7(15)12-11-5-6-2-1-3-16-6/h1-3,5H,4H2,(H2,10,14)(H,12,15)/b11-5+. The van der Waals surface area contributed by atoms with E-state index in [1.54, 1.807) is 12.1 Å². The number of hydrazone groups is 1. The van der Waals surface area contributed by atoms with Crippen LogP contribution in [0.15, 0.2) is 27.9 Å². The van der Waals surface area contributed by atoms with Gasteiger partial charge in [0, 0.05) is 0 Å². The number of nitrogen functional groups attached to an aromatic ring is 1. The highest BCUT2D eigenvalue weighted by Crippen LogP contribution is 2.10. The molecule has 2 rings (SSSR count). The van der Waals surface area contributed by atoms with Crippen molar-refractivity contribution >= 4 is 28.6 Å². The third-order valence-corrected chi connectivity index (χ3v) is 2.47. The Bertz CT molecular complexity index is 519. The van der Waals surface area contributed by atoms with Gasteiger partial charge >= 0.3 is 0 Å². The molecule has 0 saturated carbocycles. The zero-order valence-electron chi connectivity index (χ0n) is 8.66. The summed E-state index contributed by atoms with van der Waals surface area (Å²) in [5.41, 5.74) is 7.74. The van der Waals surface area contributed by atoms with E-state index in [-0.39, 0.29) is 12.3 Å². The van der Waals surface area contributed by atoms with Gasteiger partial charge in [0.2, 0.25) is 11.0 Å². The predicted molar refractivity (Wildman–Crippen MR) is 62.5 cm³/mol. The molecule has 0 aliphatic rings. The molecule has 0 aliphatic heterocycles. The summed E-state index contributed by atoms with van der Waals surface area (Å²) < 4.78 is 5.00. The average molecular weight is 251 g/mol. The van der Waals surface area contributed by atoms with Gasteiger partial charge in [0.25, 0.3) is 0 Å². The van der Waals surface area contributed by atoms with Gasteiger partial charge in [0.15, 0.2) is 0 Å². The van der Waals surface area contributed by atoms with E-state index in [0.717, 1.165) is 0 Å². The molecule has 0 fully saturated rings. The van der Waals surface area contributed by atoms with E-state index in [2.05, 4.69) is 20.7 Å². The van der Waals surface area contributed by atoms with Crippen LogP contribution in [-0.2, 0) is 11.2 Å². The van der Waals surface area contributed by atoms with Gasteiger partial charge in [-0.15, -0.1) is 10.2 Å². The number of amides is 1. The minimum atomic E-state index is -0.288. The Labute approximate surface area is 100 Å². The van der Waals surface area contributed by atoms with E-state index in [0.29, 0.717) is 15.9 Å². The van der Waals surface area contributed by atoms with Crippen LogP contribution in [0.3, 0.4) is 0 Å². The largest absolute Gasteiger partial charge is 0.463 e. The smallest absolute Gasteiger partial charge is 0.247 e. The molecule has 7 nitrogen and oxygen atoms in total. The second-order valence-electron chi connectivity index (χ2n) is 3.02. The number of anilines is 1. The van der Waals surface area contributed by atoms with Crippen LogP contribution >= 0.6 is 11.3 Å². The Hall–Kier alpha value is -2.22. The van der Waals surface area contributed by atoms with E-state index in [1.807, 2.05) is 0 Å². The molecule has 0 aromatic carbocycles. The maximum atomic E-state index is 11.4. The van der Waals surface area contributed by atoms with Crippen LogP contribution in [0.25, 0.3) is 0 Å². The van der Waals surface area contributed by atoms with E-state index in [9.17, 15) is 4.79 Å². The number of nitrogens with zero attached hydrogens (tertiary/aromatic N) is 3. The van der Waals surface area contributed by atoms with Gasteiger partial charge in [0.1, 0.15) is 10.8 Å². The van der Waals surface area contributed by atoms with E-state index >= 15 is 0 Å². The SMILES string of the molecule is Nc1nnc(CC(=O)N/N=C/c2ccco2)s1. The summed E-state index contributed by atoms with van der Waals surface area (Å²) >= 11 is 1.17. The zero-order chi connectivity index (χ0) is 12.1. The number of carbonyl (C=O) groups excluding carboxylic acids is 1. The van der Waals surface area contributed by atoms with Crippen LogP contribution in [0.4, 0.5) is 5.13 Å². The lowest BCUT2D eigenvalue weighted by Crippen LogP contribution is -2.19. The highest BCUT2D eigenvalue weighted by atomic mass is 32.1. The minimum absolute atomic E-state index is 0.102. The molecule has 0 saturated heterocycles. The number of carbonyl (C=O) groups is 1. The van der Waals surface area contributed by atoms with Crippen LogP contribution in [0.2, 0.25) is 0 Å². The third-order valence-electron chi connectivity index (χ3n) is 1.72. The van der Waals surface area contributed by atoms with Crippen molar-refractivity contribution in [2.24, 2.45) is 5.10 Å². The molecule has 0 spiro atoms. The number of furan rings is 1. The van der Waals surface area contributed by atoms with Gasteiger partial charge < -0.3 is 10.2 Å². The van der Waals surface area contributed by atoms with Crippen LogP contribution in [0, 0.1) is 0 Å². The van der Waals surface area contributed by atoms with E-state index < -0.39 is 0 Å². The monoisotopic (exact) mass is 251 g/mol. The van der Waals surface area contributed by atoms with Gasteiger partial charge in [-0.05, 0) is 12.1 Å². The van der Waals surface area contributed by atoms with Crippen molar-refractivity contribution in [3.63, 3.8) is 0 Å². The molecule has 88 valence electrons. The first-order chi connectivity index (χ1) is 8.24. The van der Waals surface area contributed by atoms with Crippen LogP contribution in [-0.4, -0.2) is 22.3 Å². The zero-order valence-corrected chi connectivity index (χ0v) is 9.48. The van der Waals surface area contributed by atoms with Crippen LogP contribution in [0.5, 0.6) is 0 Å². The van der Waals surface area contributed by atoms with Crippen molar-refractivity contribution in [2.75, 3.05) is 5.73 Å². The predicted octanol–water partition coefficient (Wildman–Crippen LogP) is 0.406. The van der Waals surface area contributed by atoms with Crippen LogP contribution < -0.4 is 11.2 Å². The minimum Gasteiger partial charge on any atom is -0.463 e. The quantitative estimate of drug-likeness (QED) is 0.604. The molecule has 0 radical (unpaired) electrons. The van der Waals surface area contributed by atoms with Crippen LogP contribution in [0.1, 0.15) is 10.8 Å². The second kappa shape index (κ2) is 5.21. The first-order valence-corrected chi connectivity index (χ1v) is 5.49. The molecule has 0 bridgehead atoms. The molecule has 3 N–H and O–H groups in total. The molecular formula is C9H9N5O2S. The topological polar surface area (TPSA) is 106 Å². The second-order valence-corrected chi connectivity index (χ2v) is 4.11. The lowest BCUT2D eigenvalue weighted by Gasteiger charge is -1.94. The molecule has 2 heterocycles. The summed E-state index contributed by atoms with van der Waals surface area (Å²) in [6.07, 6.45) is 3.03. The third kappa shape index (κ3) is 3.38. The summed E-state index contributed by atoms with van der Waals surface area (Å²) in [7, 11) is 0. The maximum absolute atomic E-state index is 11.4. The fourth-order valence-corrected chi connectivity index (χ4v) is 1.66. The fourth-order valence-electron chi connectivity index (χ4n) is 1.05. The Morgan fingerprint density at radius 2 is 2.53 bits per heavy atom. The van der Waals surface area contributed by atoms with E-state index in [4.69, 9.17) is 10.2 Å². The van der Waals surface area contributed by atoms with Gasteiger partial charge in [0.05, 0.1) is 18.9 Å². The summed E-state index contributed by atoms with van der Waals surface area (Å²) in [5, 5.41) is 11.9. The number of aromatic nitrogens is 2. The summed E-state index contributed by atoms with van der Waals surface area (Å²) in [6.45, 7) is 0. The Morgan fingerprint density at radius 3 is 3.18 bits per heavy atom. The van der Waals surface area contributed by atoms with Crippen molar-refractivity contribution in [3.8, 4) is 0 Å².